The molecule has 0 aliphatic carbocycles. The average Bonchev–Trinajstić information content (AvgIpc) is 1.30. The highest BCUT2D eigenvalue weighted by Gasteiger charge is 2.04. The zero-order valence-corrected chi connectivity index (χ0v) is 6.45. The summed E-state index contributed by atoms with van der Waals surface area (Å²) < 4.78 is 12.1. The number of hydrogen-bond donors (Lipinski definition) is 1. The highest BCUT2D eigenvalue weighted by molar-refractivity contribution is 8.68. The van der Waals surface area contributed by atoms with E-state index in [9.17, 15) is 4.20 Å². The Hall–Kier alpha value is 0.890. The summed E-state index contributed by atoms with van der Waals surface area (Å²) in [5.74, 6) is 0.671. The Balaban J connectivity index is 3.36. The van der Waals surface area contributed by atoms with E-state index in [1.54, 1.807) is 0 Å². The Morgan fingerprint density at radius 2 is 2.43 bits per heavy atom. The van der Waals surface area contributed by atoms with Crippen LogP contribution >= 0.6 is 17.1 Å². The Morgan fingerprint density at radius 1 is 2.00 bits per heavy atom. The molecule has 1 unspecified atom stereocenters. The van der Waals surface area contributed by atoms with Crippen LogP contribution < -0.4 is 5.50 Å². The molecule has 7 heavy (non-hydrogen) atoms. The summed E-state index contributed by atoms with van der Waals surface area (Å²) in [7, 11) is 0. The summed E-state index contributed by atoms with van der Waals surface area (Å²) in [5.41, 5.74) is 1.95. The SMILES string of the molecule is CCSP(N)(F)=S. The van der Waals surface area contributed by atoms with E-state index in [0.29, 0.717) is 5.75 Å². The molecule has 0 amide bonds. The minimum Gasteiger partial charge on any atom is -0.270 e. The molecule has 0 bridgehead atoms. The summed E-state index contributed by atoms with van der Waals surface area (Å²) in [6.45, 7) is 1.83. The van der Waals surface area contributed by atoms with Gasteiger partial charge in [-0.05, 0) is 17.6 Å². The normalized spacial score (nSPS) is 18.7. The number of hydrogen-bond acceptors (Lipinski definition) is 2. The van der Waals surface area contributed by atoms with Crippen LogP contribution in [-0.4, -0.2) is 5.75 Å². The van der Waals surface area contributed by atoms with Gasteiger partial charge in [-0.3, -0.25) is 5.50 Å². The first-order chi connectivity index (χ1) is 3.06. The van der Waals surface area contributed by atoms with Crippen molar-refractivity contribution in [2.75, 3.05) is 5.75 Å². The quantitative estimate of drug-likeness (QED) is 0.623. The third kappa shape index (κ3) is 6.89. The van der Waals surface area contributed by atoms with Crippen LogP contribution in [0.1, 0.15) is 6.92 Å². The molecule has 0 aliphatic rings. The lowest BCUT2D eigenvalue weighted by Crippen LogP contribution is -1.80. The molecule has 0 aromatic heterocycles. The van der Waals surface area contributed by atoms with Crippen molar-refractivity contribution >= 4 is 28.9 Å². The van der Waals surface area contributed by atoms with E-state index < -0.39 is 5.70 Å². The molecule has 0 saturated carbocycles. The molecule has 44 valence electrons. The fourth-order valence-electron chi connectivity index (χ4n) is 0.176. The van der Waals surface area contributed by atoms with Gasteiger partial charge in [-0.1, -0.05) is 18.3 Å². The molecule has 0 rings (SSSR count). The summed E-state index contributed by atoms with van der Waals surface area (Å²) in [6, 6.07) is 0. The van der Waals surface area contributed by atoms with Gasteiger partial charge in [0.1, 0.15) is 0 Å². The van der Waals surface area contributed by atoms with E-state index in [-0.39, 0.29) is 0 Å². The lowest BCUT2D eigenvalue weighted by Gasteiger charge is -1.98. The molecule has 0 saturated heterocycles. The van der Waals surface area contributed by atoms with Gasteiger partial charge in [0.25, 0.3) is 0 Å². The Morgan fingerprint density at radius 3 is 2.43 bits per heavy atom. The Kier molecular flexibility index (Phi) is 3.41. The number of halogens is 1. The van der Waals surface area contributed by atoms with Crippen molar-refractivity contribution in [3.05, 3.63) is 0 Å². The van der Waals surface area contributed by atoms with Crippen LogP contribution in [0, 0.1) is 0 Å². The average molecular weight is 159 g/mol. The van der Waals surface area contributed by atoms with Crippen LogP contribution in [0.4, 0.5) is 4.20 Å². The molecule has 0 spiro atoms. The zero-order valence-electron chi connectivity index (χ0n) is 3.93. The van der Waals surface area contributed by atoms with Gasteiger partial charge in [0.05, 0.1) is 0 Å². The highest BCUT2D eigenvalue weighted by atomic mass is 32.9. The molecule has 0 aliphatic heterocycles. The predicted octanol–water partition coefficient (Wildman–Crippen LogP) is 1.89. The second-order valence-corrected chi connectivity index (χ2v) is 7.47. The van der Waals surface area contributed by atoms with Gasteiger partial charge >= 0.3 is 0 Å². The van der Waals surface area contributed by atoms with E-state index in [1.165, 1.54) is 0 Å². The fraction of sp³-hybridized carbons (Fsp3) is 1.00. The molecule has 0 aromatic carbocycles. The number of rotatable bonds is 2. The maximum Gasteiger partial charge on any atom is 0.227 e. The fourth-order valence-corrected chi connectivity index (χ4v) is 2.53. The van der Waals surface area contributed by atoms with Crippen LogP contribution in [0.2, 0.25) is 0 Å². The summed E-state index contributed by atoms with van der Waals surface area (Å²) in [5, 5.41) is 0. The molecular formula is C2H7FNPS2. The molecular weight excluding hydrogens is 152 g/mol. The van der Waals surface area contributed by atoms with Crippen LogP contribution in [0.3, 0.4) is 0 Å². The first-order valence-electron chi connectivity index (χ1n) is 1.79. The van der Waals surface area contributed by atoms with Gasteiger partial charge in [0.15, 0.2) is 0 Å². The largest absolute Gasteiger partial charge is 0.270 e. The van der Waals surface area contributed by atoms with Crippen molar-refractivity contribution in [3.8, 4) is 0 Å². The van der Waals surface area contributed by atoms with Crippen molar-refractivity contribution in [1.82, 2.24) is 0 Å². The van der Waals surface area contributed by atoms with Crippen molar-refractivity contribution < 1.29 is 4.20 Å². The number of nitrogens with two attached hydrogens (primary N) is 1. The van der Waals surface area contributed by atoms with Gasteiger partial charge in [-0.25, -0.2) is 0 Å². The minimum absolute atomic E-state index is 0.671. The second-order valence-electron chi connectivity index (χ2n) is 0.939. The molecule has 1 nitrogen and oxygen atoms in total. The minimum atomic E-state index is -2.92. The van der Waals surface area contributed by atoms with Crippen LogP contribution in [0.5, 0.6) is 0 Å². The first-order valence-corrected chi connectivity index (χ1v) is 6.14. The van der Waals surface area contributed by atoms with Gasteiger partial charge < -0.3 is 0 Å². The lowest BCUT2D eigenvalue weighted by molar-refractivity contribution is 0.909. The van der Waals surface area contributed by atoms with E-state index in [0.717, 1.165) is 11.4 Å². The van der Waals surface area contributed by atoms with E-state index in [1.807, 2.05) is 6.92 Å². The van der Waals surface area contributed by atoms with Crippen LogP contribution in [0.15, 0.2) is 0 Å². The molecule has 0 radical (unpaired) electrons. The van der Waals surface area contributed by atoms with E-state index in [4.69, 9.17) is 5.50 Å². The second kappa shape index (κ2) is 3.02. The zero-order chi connectivity index (χ0) is 5.91. The Bertz CT molecular complexity index is 89.7. The molecule has 0 fully saturated rings. The van der Waals surface area contributed by atoms with E-state index >= 15 is 0 Å². The maximum absolute atomic E-state index is 12.1. The summed E-state index contributed by atoms with van der Waals surface area (Å²) in [4.78, 5) is 0. The van der Waals surface area contributed by atoms with Crippen LogP contribution in [0.25, 0.3) is 0 Å². The molecule has 2 N–H and O–H groups in total. The lowest BCUT2D eigenvalue weighted by atomic mass is 11.0. The maximum atomic E-state index is 12.1. The summed E-state index contributed by atoms with van der Waals surface area (Å²) >= 11 is 5.29. The molecule has 1 atom stereocenters. The third-order valence-electron chi connectivity index (χ3n) is 0.305. The van der Waals surface area contributed by atoms with Crippen molar-refractivity contribution in [2.45, 2.75) is 6.92 Å². The first kappa shape index (κ1) is 7.89. The summed E-state index contributed by atoms with van der Waals surface area (Å²) in [6.07, 6.45) is 0. The van der Waals surface area contributed by atoms with Gasteiger partial charge in [-0.15, -0.1) is 0 Å². The Labute approximate surface area is 51.8 Å². The topological polar surface area (TPSA) is 26.0 Å². The third-order valence-corrected chi connectivity index (χ3v) is 3.69. The molecule has 0 heterocycles. The van der Waals surface area contributed by atoms with Gasteiger partial charge in [0.2, 0.25) is 5.70 Å². The van der Waals surface area contributed by atoms with Gasteiger partial charge in [0, 0.05) is 0 Å². The molecule has 5 heteroatoms. The van der Waals surface area contributed by atoms with Crippen molar-refractivity contribution in [1.29, 1.82) is 0 Å². The highest BCUT2D eigenvalue weighted by Crippen LogP contribution is 2.52. The smallest absolute Gasteiger partial charge is 0.227 e. The monoisotopic (exact) mass is 159 g/mol. The predicted molar refractivity (Wildman–Crippen MR) is 37.7 cm³/mol. The molecule has 0 aromatic rings. The van der Waals surface area contributed by atoms with E-state index in [2.05, 4.69) is 11.8 Å². The van der Waals surface area contributed by atoms with Crippen LogP contribution in [-0.2, 0) is 11.8 Å². The van der Waals surface area contributed by atoms with Gasteiger partial charge in [-0.2, -0.15) is 4.20 Å². The van der Waals surface area contributed by atoms with Crippen molar-refractivity contribution in [2.24, 2.45) is 5.50 Å². The van der Waals surface area contributed by atoms with Crippen molar-refractivity contribution in [3.63, 3.8) is 0 Å². The standard InChI is InChI=1S/C2H7FNPS2/c1-2-7-5(3,4)6/h2H2,1H3,(H2,4,6).